The molecule has 5 nitrogen and oxygen atoms in total. The Morgan fingerprint density at radius 1 is 0.479 bits per heavy atom. The standard InChI is InChI=1S/C67H56BN3O2/c1-41-36-56-64-57(37-41)70(54-23-17-27-61-63(54)47-21-11-13-25-59(47)73-61)55-40-45(71-51-33-29-44(65(2,3)4)39-48(51)66(5)34-14-15-35-67(66,71)6)30-31-49(55)68(64)50-38-43(42-18-8-7-9-19-42)28-32-52(50)69(56)53-22-16-26-60-62(53)46-20-10-12-24-58(46)72-60/h7-13,16-33,36-40H,14-15,34-35H2,1-6H3. The van der Waals surface area contributed by atoms with E-state index in [9.17, 15) is 0 Å². The molecule has 0 spiro atoms. The molecule has 354 valence electrons. The summed E-state index contributed by atoms with van der Waals surface area (Å²) in [6.45, 7) is 14.4. The van der Waals surface area contributed by atoms with Gasteiger partial charge in [-0.15, -0.1) is 0 Å². The summed E-state index contributed by atoms with van der Waals surface area (Å²) in [6, 6.07) is 68.0. The van der Waals surface area contributed by atoms with Crippen molar-refractivity contribution in [2.45, 2.75) is 83.6 Å². The van der Waals surface area contributed by atoms with E-state index in [0.717, 1.165) is 61.7 Å². The molecule has 9 aromatic carbocycles. The zero-order chi connectivity index (χ0) is 49.1. The van der Waals surface area contributed by atoms with Gasteiger partial charge in [0.25, 0.3) is 6.71 Å². The molecule has 1 aliphatic carbocycles. The maximum atomic E-state index is 6.71. The predicted octanol–water partition coefficient (Wildman–Crippen LogP) is 16.6. The molecule has 2 atom stereocenters. The van der Waals surface area contributed by atoms with Crippen molar-refractivity contribution in [2.24, 2.45) is 0 Å². The fourth-order valence-corrected chi connectivity index (χ4v) is 14.1. The van der Waals surface area contributed by atoms with Crippen LogP contribution in [-0.4, -0.2) is 12.3 Å². The van der Waals surface area contributed by atoms with Crippen LogP contribution in [0.15, 0.2) is 191 Å². The molecule has 4 aliphatic rings. The normalized spacial score (nSPS) is 18.9. The zero-order valence-electron chi connectivity index (χ0n) is 42.4. The molecule has 0 radical (unpaired) electrons. The Balaban J connectivity index is 1.04. The van der Waals surface area contributed by atoms with Crippen LogP contribution >= 0.6 is 0 Å². The smallest absolute Gasteiger partial charge is 0.252 e. The number of benzene rings is 9. The summed E-state index contributed by atoms with van der Waals surface area (Å²) in [7, 11) is 0. The van der Waals surface area contributed by atoms with Crippen molar-refractivity contribution < 1.29 is 8.83 Å². The van der Waals surface area contributed by atoms with Gasteiger partial charge in [-0.2, -0.15) is 0 Å². The van der Waals surface area contributed by atoms with Gasteiger partial charge >= 0.3 is 0 Å². The second-order valence-corrected chi connectivity index (χ2v) is 22.8. The van der Waals surface area contributed by atoms with Gasteiger partial charge in [0.05, 0.1) is 27.7 Å². The lowest BCUT2D eigenvalue weighted by Crippen LogP contribution is -2.61. The van der Waals surface area contributed by atoms with Crippen molar-refractivity contribution >= 4 is 112 Å². The molecule has 6 heteroatoms. The van der Waals surface area contributed by atoms with Gasteiger partial charge < -0.3 is 23.5 Å². The van der Waals surface area contributed by atoms with E-state index in [0.29, 0.717) is 0 Å². The van der Waals surface area contributed by atoms with Crippen LogP contribution in [-0.2, 0) is 10.8 Å². The van der Waals surface area contributed by atoms with Crippen molar-refractivity contribution in [2.75, 3.05) is 14.7 Å². The molecule has 0 N–H and O–H groups in total. The topological polar surface area (TPSA) is 36.0 Å². The third kappa shape index (κ3) is 5.86. The van der Waals surface area contributed by atoms with E-state index in [4.69, 9.17) is 8.83 Å². The highest BCUT2D eigenvalue weighted by Crippen LogP contribution is 2.62. The van der Waals surface area contributed by atoms with Crippen LogP contribution in [0.1, 0.15) is 77.0 Å². The number of furan rings is 2. The Kier molecular flexibility index (Phi) is 8.80. The molecule has 73 heavy (non-hydrogen) atoms. The second kappa shape index (κ2) is 15.1. The van der Waals surface area contributed by atoms with Crippen LogP contribution < -0.4 is 31.1 Å². The highest BCUT2D eigenvalue weighted by molar-refractivity contribution is 7.00. The minimum atomic E-state index is -0.124. The van der Waals surface area contributed by atoms with E-state index in [1.54, 1.807) is 0 Å². The van der Waals surface area contributed by atoms with Crippen LogP contribution in [0.5, 0.6) is 0 Å². The summed E-state index contributed by atoms with van der Waals surface area (Å²) in [5, 5.41) is 4.45. The van der Waals surface area contributed by atoms with Crippen molar-refractivity contribution in [1.82, 2.24) is 0 Å². The van der Waals surface area contributed by atoms with Crippen LogP contribution in [0.3, 0.4) is 0 Å². The Morgan fingerprint density at radius 3 is 1.75 bits per heavy atom. The van der Waals surface area contributed by atoms with Crippen LogP contribution in [0.25, 0.3) is 55.0 Å². The Morgan fingerprint density at radius 2 is 1.08 bits per heavy atom. The van der Waals surface area contributed by atoms with Gasteiger partial charge in [-0.05, 0) is 149 Å². The first-order valence-corrected chi connectivity index (χ1v) is 26.3. The summed E-state index contributed by atoms with van der Waals surface area (Å²) in [5.74, 6) is 0. The highest BCUT2D eigenvalue weighted by Gasteiger charge is 2.58. The number of anilines is 8. The fraction of sp³-hybridized carbons (Fsp3) is 0.194. The molecule has 5 heterocycles. The Labute approximate surface area is 427 Å². The lowest BCUT2D eigenvalue weighted by molar-refractivity contribution is 0.195. The van der Waals surface area contributed by atoms with Crippen LogP contribution in [0.4, 0.5) is 45.5 Å². The first kappa shape index (κ1) is 42.7. The lowest BCUT2D eigenvalue weighted by Gasteiger charge is -2.50. The molecule has 1 saturated carbocycles. The number of para-hydroxylation sites is 2. The Hall–Kier alpha value is -7.96. The van der Waals surface area contributed by atoms with Crippen molar-refractivity contribution in [3.05, 3.63) is 199 Å². The zero-order valence-corrected chi connectivity index (χ0v) is 42.4. The molecule has 0 bridgehead atoms. The van der Waals surface area contributed by atoms with Gasteiger partial charge in [-0.3, -0.25) is 0 Å². The van der Waals surface area contributed by atoms with E-state index in [2.05, 4.69) is 238 Å². The third-order valence-electron chi connectivity index (χ3n) is 17.8. The molecular formula is C67H56BN3O2. The number of hydrogen-bond donors (Lipinski definition) is 0. The number of rotatable bonds is 4. The van der Waals surface area contributed by atoms with Gasteiger partial charge in [0.1, 0.15) is 22.3 Å². The maximum absolute atomic E-state index is 6.71. The summed E-state index contributed by atoms with van der Waals surface area (Å²) >= 11 is 0. The third-order valence-corrected chi connectivity index (χ3v) is 17.8. The Bertz CT molecular complexity index is 4120. The average molecular weight is 946 g/mol. The van der Waals surface area contributed by atoms with Crippen molar-refractivity contribution in [1.29, 1.82) is 0 Å². The summed E-state index contributed by atoms with van der Waals surface area (Å²) < 4.78 is 13.3. The van der Waals surface area contributed by atoms with E-state index in [1.165, 1.54) is 97.6 Å². The van der Waals surface area contributed by atoms with E-state index < -0.39 is 0 Å². The molecule has 2 aromatic heterocycles. The molecule has 3 aliphatic heterocycles. The van der Waals surface area contributed by atoms with Gasteiger partial charge in [0.15, 0.2) is 0 Å². The van der Waals surface area contributed by atoms with Gasteiger partial charge in [-0.25, -0.2) is 0 Å². The summed E-state index contributed by atoms with van der Waals surface area (Å²) in [6.07, 6.45) is 4.76. The number of aryl methyl sites for hydroxylation is 1. The quantitative estimate of drug-likeness (QED) is 0.164. The fourth-order valence-electron chi connectivity index (χ4n) is 14.1. The molecule has 2 unspecified atom stereocenters. The van der Waals surface area contributed by atoms with E-state index >= 15 is 0 Å². The molecule has 11 aromatic rings. The van der Waals surface area contributed by atoms with Crippen molar-refractivity contribution in [3.63, 3.8) is 0 Å². The molecular weight excluding hydrogens is 890 g/mol. The van der Waals surface area contributed by atoms with Crippen LogP contribution in [0.2, 0.25) is 0 Å². The van der Waals surface area contributed by atoms with Gasteiger partial charge in [-0.1, -0.05) is 150 Å². The average Bonchev–Trinajstić information content (AvgIpc) is 4.04. The first-order valence-electron chi connectivity index (χ1n) is 26.3. The molecule has 0 saturated heterocycles. The molecule has 15 rings (SSSR count). The SMILES string of the molecule is Cc1cc2c3c(c1)N(c1cccc4oc5ccccc5c14)c1cc(N4c5ccc(C(C)(C)C)cc5C5(C)CCCCC45C)ccc1B3c1cc(-c3ccccc3)ccc1N2c1cccc2oc3ccccc3c12. The minimum Gasteiger partial charge on any atom is -0.456 e. The number of hydrogen-bond acceptors (Lipinski definition) is 5. The molecule has 0 amide bonds. The van der Waals surface area contributed by atoms with Crippen LogP contribution in [0, 0.1) is 6.92 Å². The van der Waals surface area contributed by atoms with Gasteiger partial charge in [0, 0.05) is 50.3 Å². The van der Waals surface area contributed by atoms with E-state index in [-0.39, 0.29) is 23.1 Å². The monoisotopic (exact) mass is 945 g/mol. The predicted molar refractivity (Wildman–Crippen MR) is 307 cm³/mol. The number of nitrogens with zero attached hydrogens (tertiary/aromatic N) is 3. The summed E-state index contributed by atoms with van der Waals surface area (Å²) in [4.78, 5) is 7.91. The maximum Gasteiger partial charge on any atom is 0.252 e. The highest BCUT2D eigenvalue weighted by atomic mass is 16.3. The lowest BCUT2D eigenvalue weighted by atomic mass is 9.33. The van der Waals surface area contributed by atoms with E-state index in [1.807, 2.05) is 0 Å². The minimum absolute atomic E-state index is 0.0138. The largest absolute Gasteiger partial charge is 0.456 e. The summed E-state index contributed by atoms with van der Waals surface area (Å²) in [5.41, 5.74) is 23.3. The number of fused-ring (bicyclic) bond motifs is 13. The second-order valence-electron chi connectivity index (χ2n) is 22.8. The van der Waals surface area contributed by atoms with Crippen molar-refractivity contribution in [3.8, 4) is 11.1 Å². The first-order chi connectivity index (χ1) is 35.5. The molecule has 1 fully saturated rings. The van der Waals surface area contributed by atoms with Gasteiger partial charge in [0.2, 0.25) is 0 Å².